The van der Waals surface area contributed by atoms with Crippen LogP contribution in [0.25, 0.3) is 0 Å². The fourth-order valence-electron chi connectivity index (χ4n) is 2.45. The lowest BCUT2D eigenvalue weighted by molar-refractivity contribution is -0.127. The van der Waals surface area contributed by atoms with Gasteiger partial charge in [0.25, 0.3) is 5.91 Å². The first-order valence-electron chi connectivity index (χ1n) is 8.35. The molecule has 3 aromatic rings. The van der Waals surface area contributed by atoms with E-state index in [0.717, 1.165) is 17.7 Å². The summed E-state index contributed by atoms with van der Waals surface area (Å²) >= 11 is 5.84. The molecule has 0 spiro atoms. The zero-order valence-electron chi connectivity index (χ0n) is 14.4. The average molecular weight is 370 g/mol. The molecule has 1 atom stereocenters. The molecule has 0 unspecified atom stereocenters. The van der Waals surface area contributed by atoms with Crippen molar-refractivity contribution in [2.75, 3.05) is 0 Å². The largest absolute Gasteiger partial charge is 0.481 e. The van der Waals surface area contributed by atoms with Crippen molar-refractivity contribution in [1.82, 2.24) is 15.1 Å². The van der Waals surface area contributed by atoms with Crippen LogP contribution in [0, 0.1) is 0 Å². The van der Waals surface area contributed by atoms with Gasteiger partial charge in [0, 0.05) is 24.0 Å². The highest BCUT2D eigenvalue weighted by Gasteiger charge is 2.14. The number of carbonyl (C=O) groups is 1. The van der Waals surface area contributed by atoms with E-state index in [4.69, 9.17) is 16.3 Å². The van der Waals surface area contributed by atoms with Crippen LogP contribution in [0.5, 0.6) is 5.75 Å². The Morgan fingerprint density at radius 2 is 1.85 bits per heavy atom. The first-order chi connectivity index (χ1) is 12.6. The van der Waals surface area contributed by atoms with Crippen LogP contribution in [0.15, 0.2) is 67.0 Å². The zero-order chi connectivity index (χ0) is 18.4. The van der Waals surface area contributed by atoms with Gasteiger partial charge in [0.05, 0.1) is 6.54 Å². The maximum Gasteiger partial charge on any atom is 0.261 e. The van der Waals surface area contributed by atoms with Crippen LogP contribution in [-0.2, 0) is 17.9 Å². The van der Waals surface area contributed by atoms with Crippen molar-refractivity contribution in [3.63, 3.8) is 0 Å². The molecule has 0 radical (unpaired) electrons. The molecule has 0 saturated carbocycles. The lowest BCUT2D eigenvalue weighted by atomic mass is 10.1. The second-order valence-electron chi connectivity index (χ2n) is 5.95. The maximum absolute atomic E-state index is 12.2. The maximum atomic E-state index is 12.2. The molecule has 6 heteroatoms. The topological polar surface area (TPSA) is 56.1 Å². The molecule has 1 N–H and O–H groups in total. The quantitative estimate of drug-likeness (QED) is 0.691. The summed E-state index contributed by atoms with van der Waals surface area (Å²) in [5.41, 5.74) is 2.18. The minimum absolute atomic E-state index is 0.166. The fourth-order valence-corrected chi connectivity index (χ4v) is 2.57. The normalized spacial score (nSPS) is 11.8. The van der Waals surface area contributed by atoms with E-state index >= 15 is 0 Å². The van der Waals surface area contributed by atoms with Crippen LogP contribution in [0.4, 0.5) is 0 Å². The van der Waals surface area contributed by atoms with Gasteiger partial charge in [-0.2, -0.15) is 5.10 Å². The fraction of sp³-hybridized carbons (Fsp3) is 0.200. The van der Waals surface area contributed by atoms with Crippen LogP contribution >= 0.6 is 11.6 Å². The number of hydrogen-bond acceptors (Lipinski definition) is 3. The van der Waals surface area contributed by atoms with Gasteiger partial charge < -0.3 is 10.1 Å². The third-order valence-corrected chi connectivity index (χ3v) is 4.14. The molecule has 26 heavy (non-hydrogen) atoms. The van der Waals surface area contributed by atoms with Crippen LogP contribution in [-0.4, -0.2) is 21.8 Å². The van der Waals surface area contributed by atoms with Gasteiger partial charge in [0.2, 0.25) is 0 Å². The summed E-state index contributed by atoms with van der Waals surface area (Å²) in [4.78, 5) is 12.2. The Morgan fingerprint density at radius 3 is 2.50 bits per heavy atom. The van der Waals surface area contributed by atoms with Gasteiger partial charge in [-0.15, -0.1) is 0 Å². The van der Waals surface area contributed by atoms with E-state index in [9.17, 15) is 4.79 Å². The molecule has 1 heterocycles. The molecular formula is C20H20ClN3O2. The number of nitrogens with zero attached hydrogens (tertiary/aromatic N) is 2. The third-order valence-electron chi connectivity index (χ3n) is 3.89. The average Bonchev–Trinajstić information content (AvgIpc) is 3.16. The molecule has 1 aromatic heterocycles. The first kappa shape index (κ1) is 18.0. The number of nitrogens with one attached hydrogen (secondary N) is 1. The van der Waals surface area contributed by atoms with E-state index in [1.165, 1.54) is 0 Å². The lowest BCUT2D eigenvalue weighted by Crippen LogP contribution is -2.35. The summed E-state index contributed by atoms with van der Waals surface area (Å²) in [6.45, 7) is 2.90. The number of halogens is 1. The number of amides is 1. The van der Waals surface area contributed by atoms with Crippen LogP contribution in [0.3, 0.4) is 0 Å². The van der Waals surface area contributed by atoms with E-state index < -0.39 is 6.10 Å². The molecule has 1 amide bonds. The Bertz CT molecular complexity index is 831. The van der Waals surface area contributed by atoms with Gasteiger partial charge in [-0.25, -0.2) is 0 Å². The second kappa shape index (κ2) is 8.54. The third kappa shape index (κ3) is 5.10. The van der Waals surface area contributed by atoms with Crippen molar-refractivity contribution < 1.29 is 9.53 Å². The van der Waals surface area contributed by atoms with Crippen molar-refractivity contribution >= 4 is 17.5 Å². The predicted molar refractivity (Wildman–Crippen MR) is 101 cm³/mol. The molecule has 0 aliphatic heterocycles. The van der Waals surface area contributed by atoms with E-state index in [1.807, 2.05) is 41.2 Å². The molecule has 134 valence electrons. The number of carbonyl (C=O) groups excluding carboxylic acids is 1. The minimum Gasteiger partial charge on any atom is -0.481 e. The SMILES string of the molecule is C[C@@H](Oc1ccc(Cl)cc1)C(=O)NCc1ccc(Cn2cccn2)cc1. The van der Waals surface area contributed by atoms with E-state index in [0.29, 0.717) is 17.3 Å². The molecule has 2 aromatic carbocycles. The van der Waals surface area contributed by atoms with Crippen molar-refractivity contribution in [2.24, 2.45) is 0 Å². The molecule has 3 rings (SSSR count). The van der Waals surface area contributed by atoms with Crippen molar-refractivity contribution in [2.45, 2.75) is 26.1 Å². The molecule has 0 aliphatic rings. The molecule has 0 bridgehead atoms. The summed E-state index contributed by atoms with van der Waals surface area (Å²) in [7, 11) is 0. The Hall–Kier alpha value is -2.79. The Labute approximate surface area is 157 Å². The highest BCUT2D eigenvalue weighted by Crippen LogP contribution is 2.16. The van der Waals surface area contributed by atoms with Gasteiger partial charge in [-0.05, 0) is 48.4 Å². The highest BCUT2D eigenvalue weighted by atomic mass is 35.5. The smallest absolute Gasteiger partial charge is 0.261 e. The predicted octanol–water partition coefficient (Wildman–Crippen LogP) is 3.67. The van der Waals surface area contributed by atoms with Gasteiger partial charge in [0.15, 0.2) is 6.10 Å². The monoisotopic (exact) mass is 369 g/mol. The Kier molecular flexibility index (Phi) is 5.92. The van der Waals surface area contributed by atoms with E-state index in [2.05, 4.69) is 10.4 Å². The van der Waals surface area contributed by atoms with Crippen molar-refractivity contribution in [3.05, 3.63) is 83.1 Å². The zero-order valence-corrected chi connectivity index (χ0v) is 15.2. The Balaban J connectivity index is 1.48. The number of benzene rings is 2. The standard InChI is InChI=1S/C20H20ClN3O2/c1-15(26-19-9-7-18(21)8-10-19)20(25)22-13-16-3-5-17(6-4-16)14-24-12-2-11-23-24/h2-12,15H,13-14H2,1H3,(H,22,25)/t15-/m1/s1. The van der Waals surface area contributed by atoms with E-state index in [1.54, 1.807) is 37.4 Å². The summed E-state index contributed by atoms with van der Waals surface area (Å²) < 4.78 is 7.48. The van der Waals surface area contributed by atoms with Gasteiger partial charge >= 0.3 is 0 Å². The number of aromatic nitrogens is 2. The van der Waals surface area contributed by atoms with E-state index in [-0.39, 0.29) is 5.91 Å². The Morgan fingerprint density at radius 1 is 1.15 bits per heavy atom. The van der Waals surface area contributed by atoms with Gasteiger partial charge in [0.1, 0.15) is 5.75 Å². The molecule has 0 fully saturated rings. The van der Waals surface area contributed by atoms with Gasteiger partial charge in [-0.3, -0.25) is 9.48 Å². The first-order valence-corrected chi connectivity index (χ1v) is 8.73. The summed E-state index contributed by atoms with van der Waals surface area (Å²) in [6, 6.07) is 16.9. The summed E-state index contributed by atoms with van der Waals surface area (Å²) in [5.74, 6) is 0.445. The number of rotatable bonds is 7. The summed E-state index contributed by atoms with van der Waals surface area (Å²) in [5, 5.41) is 7.71. The van der Waals surface area contributed by atoms with Crippen LogP contribution in [0.1, 0.15) is 18.1 Å². The molecule has 0 aliphatic carbocycles. The van der Waals surface area contributed by atoms with Gasteiger partial charge in [-0.1, -0.05) is 35.9 Å². The molecule has 5 nitrogen and oxygen atoms in total. The number of ether oxygens (including phenoxy) is 1. The lowest BCUT2D eigenvalue weighted by Gasteiger charge is -2.15. The molecule has 0 saturated heterocycles. The number of hydrogen-bond donors (Lipinski definition) is 1. The molecular weight excluding hydrogens is 350 g/mol. The van der Waals surface area contributed by atoms with Crippen molar-refractivity contribution in [1.29, 1.82) is 0 Å². The van der Waals surface area contributed by atoms with Crippen LogP contribution in [0.2, 0.25) is 5.02 Å². The minimum atomic E-state index is -0.588. The highest BCUT2D eigenvalue weighted by molar-refractivity contribution is 6.30. The summed E-state index contributed by atoms with van der Waals surface area (Å²) in [6.07, 6.45) is 3.10. The van der Waals surface area contributed by atoms with Crippen LogP contribution < -0.4 is 10.1 Å². The second-order valence-corrected chi connectivity index (χ2v) is 6.39. The van der Waals surface area contributed by atoms with Crippen molar-refractivity contribution in [3.8, 4) is 5.75 Å².